The third-order valence-electron chi connectivity index (χ3n) is 3.43. The molecule has 0 saturated heterocycles. The molecule has 21 heavy (non-hydrogen) atoms. The van der Waals surface area contributed by atoms with E-state index >= 15 is 0 Å². The van der Waals surface area contributed by atoms with Gasteiger partial charge in [-0.1, -0.05) is 43.3 Å². The molecule has 0 unspecified atom stereocenters. The SMILES string of the molecule is CCc1ccccc1CNCc1ccc(C(F)(F)F)cc1. The predicted molar refractivity (Wildman–Crippen MR) is 77.8 cm³/mol. The van der Waals surface area contributed by atoms with Crippen molar-refractivity contribution in [2.45, 2.75) is 32.6 Å². The van der Waals surface area contributed by atoms with E-state index in [1.165, 1.54) is 23.3 Å². The first-order valence-electron chi connectivity index (χ1n) is 6.94. The van der Waals surface area contributed by atoms with Gasteiger partial charge >= 0.3 is 6.18 Å². The Labute approximate surface area is 122 Å². The van der Waals surface area contributed by atoms with E-state index in [0.29, 0.717) is 13.1 Å². The highest BCUT2D eigenvalue weighted by Gasteiger charge is 2.29. The van der Waals surface area contributed by atoms with E-state index in [2.05, 4.69) is 24.4 Å². The van der Waals surface area contributed by atoms with Gasteiger partial charge in [0.1, 0.15) is 0 Å². The van der Waals surface area contributed by atoms with Gasteiger partial charge in [-0.2, -0.15) is 13.2 Å². The molecule has 0 radical (unpaired) electrons. The van der Waals surface area contributed by atoms with Gasteiger partial charge in [0.2, 0.25) is 0 Å². The Morgan fingerprint density at radius 3 is 2.05 bits per heavy atom. The van der Waals surface area contributed by atoms with Gasteiger partial charge in [-0.05, 0) is 35.2 Å². The van der Waals surface area contributed by atoms with E-state index in [0.717, 1.165) is 24.1 Å². The molecule has 0 aliphatic heterocycles. The molecule has 0 fully saturated rings. The number of alkyl halides is 3. The van der Waals surface area contributed by atoms with Crippen molar-refractivity contribution in [3.63, 3.8) is 0 Å². The number of rotatable bonds is 5. The van der Waals surface area contributed by atoms with Crippen LogP contribution in [0.4, 0.5) is 13.2 Å². The van der Waals surface area contributed by atoms with E-state index in [-0.39, 0.29) is 0 Å². The van der Waals surface area contributed by atoms with Crippen LogP contribution >= 0.6 is 0 Å². The van der Waals surface area contributed by atoms with Crippen molar-refractivity contribution in [3.8, 4) is 0 Å². The minimum atomic E-state index is -4.27. The molecule has 0 amide bonds. The minimum absolute atomic E-state index is 0.552. The molecule has 0 atom stereocenters. The van der Waals surface area contributed by atoms with Gasteiger partial charge in [-0.3, -0.25) is 0 Å². The summed E-state index contributed by atoms with van der Waals surface area (Å²) >= 11 is 0. The number of hydrogen-bond donors (Lipinski definition) is 1. The summed E-state index contributed by atoms with van der Waals surface area (Å²) in [6, 6.07) is 13.4. The van der Waals surface area contributed by atoms with Crippen LogP contribution in [0.5, 0.6) is 0 Å². The zero-order valence-electron chi connectivity index (χ0n) is 11.9. The van der Waals surface area contributed by atoms with Gasteiger partial charge in [0, 0.05) is 13.1 Å². The zero-order valence-corrected chi connectivity index (χ0v) is 11.9. The van der Waals surface area contributed by atoms with E-state index in [1.807, 2.05) is 12.1 Å². The van der Waals surface area contributed by atoms with Gasteiger partial charge in [-0.15, -0.1) is 0 Å². The van der Waals surface area contributed by atoms with E-state index in [4.69, 9.17) is 0 Å². The van der Waals surface area contributed by atoms with Crippen LogP contribution in [0.15, 0.2) is 48.5 Å². The molecule has 112 valence electrons. The fourth-order valence-corrected chi connectivity index (χ4v) is 2.23. The molecule has 0 aliphatic rings. The largest absolute Gasteiger partial charge is 0.416 e. The summed E-state index contributed by atoms with van der Waals surface area (Å²) in [7, 11) is 0. The van der Waals surface area contributed by atoms with Crippen LogP contribution in [0.3, 0.4) is 0 Å². The number of benzene rings is 2. The highest BCUT2D eigenvalue weighted by Crippen LogP contribution is 2.29. The van der Waals surface area contributed by atoms with Crippen LogP contribution < -0.4 is 5.32 Å². The van der Waals surface area contributed by atoms with Gasteiger partial charge in [0.25, 0.3) is 0 Å². The summed E-state index contributed by atoms with van der Waals surface area (Å²) in [5.74, 6) is 0. The Morgan fingerprint density at radius 2 is 1.48 bits per heavy atom. The molecular formula is C17H18F3N. The van der Waals surface area contributed by atoms with Gasteiger partial charge in [-0.25, -0.2) is 0 Å². The monoisotopic (exact) mass is 293 g/mol. The third-order valence-corrected chi connectivity index (χ3v) is 3.43. The standard InChI is InChI=1S/C17H18F3N/c1-2-14-5-3-4-6-15(14)12-21-11-13-7-9-16(10-8-13)17(18,19)20/h3-10,21H,2,11-12H2,1H3. The van der Waals surface area contributed by atoms with Crippen molar-refractivity contribution in [2.24, 2.45) is 0 Å². The van der Waals surface area contributed by atoms with Crippen LogP contribution in [0.2, 0.25) is 0 Å². The van der Waals surface area contributed by atoms with Crippen molar-refractivity contribution < 1.29 is 13.2 Å². The number of aryl methyl sites for hydroxylation is 1. The van der Waals surface area contributed by atoms with Gasteiger partial charge in [0.15, 0.2) is 0 Å². The lowest BCUT2D eigenvalue weighted by molar-refractivity contribution is -0.137. The Morgan fingerprint density at radius 1 is 0.857 bits per heavy atom. The average Bonchev–Trinajstić information content (AvgIpc) is 2.47. The van der Waals surface area contributed by atoms with Gasteiger partial charge in [0.05, 0.1) is 5.56 Å². The van der Waals surface area contributed by atoms with Crippen molar-refractivity contribution in [3.05, 3.63) is 70.8 Å². The maximum atomic E-state index is 12.5. The van der Waals surface area contributed by atoms with E-state index < -0.39 is 11.7 Å². The highest BCUT2D eigenvalue weighted by atomic mass is 19.4. The highest BCUT2D eigenvalue weighted by molar-refractivity contribution is 5.27. The Hall–Kier alpha value is -1.81. The van der Waals surface area contributed by atoms with E-state index in [9.17, 15) is 13.2 Å². The lowest BCUT2D eigenvalue weighted by Gasteiger charge is -2.10. The molecule has 1 N–H and O–H groups in total. The molecule has 0 bridgehead atoms. The first-order valence-corrected chi connectivity index (χ1v) is 6.94. The summed E-state index contributed by atoms with van der Waals surface area (Å²) < 4.78 is 37.4. The lowest BCUT2D eigenvalue weighted by atomic mass is 10.1. The molecule has 2 aromatic carbocycles. The smallest absolute Gasteiger partial charge is 0.309 e. The van der Waals surface area contributed by atoms with Crippen molar-refractivity contribution in [1.82, 2.24) is 5.32 Å². The molecule has 0 saturated carbocycles. The second-order valence-corrected chi connectivity index (χ2v) is 4.92. The number of halogens is 3. The van der Waals surface area contributed by atoms with Crippen LogP contribution in [0.1, 0.15) is 29.2 Å². The van der Waals surface area contributed by atoms with Crippen LogP contribution in [0.25, 0.3) is 0 Å². The maximum absolute atomic E-state index is 12.5. The average molecular weight is 293 g/mol. The molecular weight excluding hydrogens is 275 g/mol. The number of hydrogen-bond acceptors (Lipinski definition) is 1. The fraction of sp³-hybridized carbons (Fsp3) is 0.294. The molecule has 0 aromatic heterocycles. The summed E-state index contributed by atoms with van der Waals surface area (Å²) in [5.41, 5.74) is 2.75. The van der Waals surface area contributed by atoms with Crippen LogP contribution in [-0.4, -0.2) is 0 Å². The van der Waals surface area contributed by atoms with Gasteiger partial charge < -0.3 is 5.32 Å². The molecule has 0 heterocycles. The lowest BCUT2D eigenvalue weighted by Crippen LogP contribution is -2.14. The predicted octanol–water partition coefficient (Wildman–Crippen LogP) is 4.56. The molecule has 0 aliphatic carbocycles. The third kappa shape index (κ3) is 4.33. The number of nitrogens with one attached hydrogen (secondary N) is 1. The fourth-order valence-electron chi connectivity index (χ4n) is 2.23. The van der Waals surface area contributed by atoms with E-state index in [1.54, 1.807) is 0 Å². The summed E-state index contributed by atoms with van der Waals surface area (Å²) in [6.45, 7) is 3.37. The Bertz CT molecular complexity index is 573. The zero-order chi connectivity index (χ0) is 15.3. The quantitative estimate of drug-likeness (QED) is 0.852. The summed E-state index contributed by atoms with van der Waals surface area (Å²) in [4.78, 5) is 0. The van der Waals surface area contributed by atoms with Crippen molar-refractivity contribution in [2.75, 3.05) is 0 Å². The second-order valence-electron chi connectivity index (χ2n) is 4.92. The molecule has 2 rings (SSSR count). The summed E-state index contributed by atoms with van der Waals surface area (Å²) in [5, 5.41) is 3.27. The molecule has 1 nitrogen and oxygen atoms in total. The van der Waals surface area contributed by atoms with Crippen molar-refractivity contribution in [1.29, 1.82) is 0 Å². The normalized spacial score (nSPS) is 11.6. The minimum Gasteiger partial charge on any atom is -0.309 e. The molecule has 2 aromatic rings. The van der Waals surface area contributed by atoms with Crippen LogP contribution in [0, 0.1) is 0 Å². The topological polar surface area (TPSA) is 12.0 Å². The second kappa shape index (κ2) is 6.76. The molecule has 4 heteroatoms. The first kappa shape index (κ1) is 15.6. The Kier molecular flexibility index (Phi) is 5.02. The molecule has 0 spiro atoms. The van der Waals surface area contributed by atoms with Crippen molar-refractivity contribution >= 4 is 0 Å². The first-order chi connectivity index (χ1) is 10.0. The van der Waals surface area contributed by atoms with Crippen LogP contribution in [-0.2, 0) is 25.7 Å². The summed E-state index contributed by atoms with van der Waals surface area (Å²) in [6.07, 6.45) is -3.30. The maximum Gasteiger partial charge on any atom is 0.416 e. The Balaban J connectivity index is 1.92.